The highest BCUT2D eigenvalue weighted by Gasteiger charge is 2.32. The molecule has 2 aromatic carbocycles. The minimum atomic E-state index is -4.08. The van der Waals surface area contributed by atoms with Crippen LogP contribution in [0, 0.1) is 10.1 Å². The number of nitro groups is 1. The third kappa shape index (κ3) is 7.19. The molecule has 200 valence electrons. The van der Waals surface area contributed by atoms with Crippen molar-refractivity contribution in [3.8, 4) is 5.75 Å². The molecule has 1 aliphatic rings. The van der Waals surface area contributed by atoms with Gasteiger partial charge in [-0.1, -0.05) is 43.2 Å². The van der Waals surface area contributed by atoms with E-state index in [9.17, 15) is 28.1 Å². The van der Waals surface area contributed by atoms with Gasteiger partial charge in [0.15, 0.2) is 0 Å². The van der Waals surface area contributed by atoms with Crippen molar-refractivity contribution in [2.24, 2.45) is 0 Å². The molecule has 0 bridgehead atoms. The van der Waals surface area contributed by atoms with Crippen LogP contribution in [0.2, 0.25) is 0 Å². The van der Waals surface area contributed by atoms with E-state index in [0.717, 1.165) is 47.9 Å². The number of benzene rings is 2. The first-order valence-electron chi connectivity index (χ1n) is 11.9. The van der Waals surface area contributed by atoms with Crippen LogP contribution in [-0.2, 0) is 26.2 Å². The Labute approximate surface area is 216 Å². The highest BCUT2D eigenvalue weighted by Crippen LogP contribution is 2.34. The highest BCUT2D eigenvalue weighted by molar-refractivity contribution is 7.92. The van der Waals surface area contributed by atoms with Crippen LogP contribution >= 0.6 is 0 Å². The molecule has 0 radical (unpaired) electrons. The van der Waals surface area contributed by atoms with Gasteiger partial charge >= 0.3 is 0 Å². The molecule has 12 heteroatoms. The van der Waals surface area contributed by atoms with Crippen LogP contribution in [-0.4, -0.2) is 62.0 Å². The predicted molar refractivity (Wildman–Crippen MR) is 139 cm³/mol. The fraction of sp³-hybridized carbons (Fsp3) is 0.440. The summed E-state index contributed by atoms with van der Waals surface area (Å²) < 4.78 is 31.6. The molecule has 0 aliphatic heterocycles. The lowest BCUT2D eigenvalue weighted by molar-refractivity contribution is -0.384. The third-order valence-electron chi connectivity index (χ3n) is 6.39. The van der Waals surface area contributed by atoms with Crippen molar-refractivity contribution in [1.82, 2.24) is 10.2 Å². The number of non-ortho nitro benzene ring substituents is 1. The van der Waals surface area contributed by atoms with Crippen LogP contribution in [0.4, 0.5) is 11.4 Å². The largest absolute Gasteiger partial charge is 0.495 e. The average Bonchev–Trinajstić information content (AvgIpc) is 3.37. The Morgan fingerprint density at radius 2 is 1.81 bits per heavy atom. The van der Waals surface area contributed by atoms with E-state index >= 15 is 0 Å². The molecule has 0 spiro atoms. The number of nitrogens with zero attached hydrogens (tertiary/aromatic N) is 3. The molecule has 11 nitrogen and oxygen atoms in total. The standard InChI is InChI=1S/C25H32N4O7S/c1-18(25(31)26-20-11-7-8-12-20)27(16-19-9-5-4-6-10-19)24(30)17-28(37(3,34)35)22-15-21(29(32)33)13-14-23(22)36-2/h4-6,9-10,13-15,18,20H,7-8,11-12,16-17H2,1-3H3,(H,26,31)/t18-/m0/s1. The Balaban J connectivity index is 1.95. The topological polar surface area (TPSA) is 139 Å². The molecule has 3 rings (SSSR count). The molecular formula is C25H32N4O7S. The van der Waals surface area contributed by atoms with E-state index in [1.807, 2.05) is 6.07 Å². The van der Waals surface area contributed by atoms with Crippen molar-refractivity contribution < 1.29 is 27.7 Å². The highest BCUT2D eigenvalue weighted by atomic mass is 32.2. The number of carbonyl (C=O) groups is 2. The number of carbonyl (C=O) groups excluding carboxylic acids is 2. The zero-order chi connectivity index (χ0) is 27.2. The van der Waals surface area contributed by atoms with Gasteiger partial charge in [-0.25, -0.2) is 8.42 Å². The van der Waals surface area contributed by atoms with Crippen molar-refractivity contribution in [1.29, 1.82) is 0 Å². The van der Waals surface area contributed by atoms with Gasteiger partial charge in [0.1, 0.15) is 24.0 Å². The second kappa shape index (κ2) is 12.0. The number of methoxy groups -OCH3 is 1. The zero-order valence-corrected chi connectivity index (χ0v) is 21.9. The minimum Gasteiger partial charge on any atom is -0.495 e. The third-order valence-corrected chi connectivity index (χ3v) is 7.51. The summed E-state index contributed by atoms with van der Waals surface area (Å²) in [6.07, 6.45) is 4.70. The summed E-state index contributed by atoms with van der Waals surface area (Å²) >= 11 is 0. The first-order chi connectivity index (χ1) is 17.5. The first kappa shape index (κ1) is 27.9. The second-order valence-corrected chi connectivity index (χ2v) is 11.0. The van der Waals surface area contributed by atoms with Gasteiger partial charge in [0.2, 0.25) is 21.8 Å². The molecule has 1 fully saturated rings. The van der Waals surface area contributed by atoms with E-state index < -0.39 is 33.4 Å². The molecule has 2 aromatic rings. The number of sulfonamides is 1. The SMILES string of the molecule is COc1ccc([N+](=O)[O-])cc1N(CC(=O)N(Cc1ccccc1)[C@@H](C)C(=O)NC1CCCC1)S(C)(=O)=O. The van der Waals surface area contributed by atoms with E-state index in [0.29, 0.717) is 0 Å². The zero-order valence-electron chi connectivity index (χ0n) is 21.1. The fourth-order valence-corrected chi connectivity index (χ4v) is 5.18. The molecule has 37 heavy (non-hydrogen) atoms. The van der Waals surface area contributed by atoms with Crippen molar-refractivity contribution in [3.05, 3.63) is 64.2 Å². The van der Waals surface area contributed by atoms with Crippen LogP contribution in [0.5, 0.6) is 5.75 Å². The molecule has 1 N–H and O–H groups in total. The maximum Gasteiger partial charge on any atom is 0.271 e. The molecule has 1 atom stereocenters. The second-order valence-electron chi connectivity index (χ2n) is 9.06. The summed E-state index contributed by atoms with van der Waals surface area (Å²) in [6.45, 7) is 0.997. The molecule has 0 saturated heterocycles. The summed E-state index contributed by atoms with van der Waals surface area (Å²) in [4.78, 5) is 38.7. The normalized spacial score (nSPS) is 14.6. The molecule has 2 amide bonds. The lowest BCUT2D eigenvalue weighted by Crippen LogP contribution is -2.52. The van der Waals surface area contributed by atoms with Gasteiger partial charge in [-0.05, 0) is 31.4 Å². The van der Waals surface area contributed by atoms with Crippen molar-refractivity contribution in [3.63, 3.8) is 0 Å². The molecule has 1 saturated carbocycles. The van der Waals surface area contributed by atoms with Gasteiger partial charge in [-0.2, -0.15) is 0 Å². The number of nitrogens with one attached hydrogen (secondary N) is 1. The summed E-state index contributed by atoms with van der Waals surface area (Å²) in [6, 6.07) is 11.7. The number of ether oxygens (including phenoxy) is 1. The first-order valence-corrected chi connectivity index (χ1v) is 13.8. The van der Waals surface area contributed by atoms with Gasteiger partial charge < -0.3 is 15.0 Å². The van der Waals surface area contributed by atoms with Gasteiger partial charge in [0.05, 0.1) is 18.3 Å². The van der Waals surface area contributed by atoms with Gasteiger partial charge in [0, 0.05) is 24.7 Å². The van der Waals surface area contributed by atoms with Crippen molar-refractivity contribution >= 4 is 33.2 Å². The van der Waals surface area contributed by atoms with Gasteiger partial charge in [-0.3, -0.25) is 24.0 Å². The van der Waals surface area contributed by atoms with Gasteiger partial charge in [0.25, 0.3) is 5.69 Å². The summed E-state index contributed by atoms with van der Waals surface area (Å²) in [5.74, 6) is -0.919. The Bertz CT molecular complexity index is 1230. The molecule has 0 unspecified atom stereocenters. The van der Waals surface area contributed by atoms with Crippen molar-refractivity contribution in [2.75, 3.05) is 24.2 Å². The number of hydrogen-bond donors (Lipinski definition) is 1. The number of hydrogen-bond acceptors (Lipinski definition) is 7. The van der Waals surface area contributed by atoms with Crippen LogP contribution in [0.1, 0.15) is 38.2 Å². The monoisotopic (exact) mass is 532 g/mol. The number of anilines is 1. The van der Waals surface area contributed by atoms with Crippen LogP contribution in [0.15, 0.2) is 48.5 Å². The van der Waals surface area contributed by atoms with E-state index in [4.69, 9.17) is 4.74 Å². The van der Waals surface area contributed by atoms with E-state index in [-0.39, 0.29) is 35.6 Å². The average molecular weight is 533 g/mol. The Kier molecular flexibility index (Phi) is 9.09. The molecule has 1 aliphatic carbocycles. The van der Waals surface area contributed by atoms with Crippen LogP contribution < -0.4 is 14.4 Å². The van der Waals surface area contributed by atoms with Crippen LogP contribution in [0.3, 0.4) is 0 Å². The Hall–Kier alpha value is -3.67. The van der Waals surface area contributed by atoms with E-state index in [2.05, 4.69) is 5.32 Å². The summed E-state index contributed by atoms with van der Waals surface area (Å²) in [5, 5.41) is 14.3. The number of amides is 2. The van der Waals surface area contributed by atoms with Crippen molar-refractivity contribution in [2.45, 2.75) is 51.2 Å². The smallest absolute Gasteiger partial charge is 0.271 e. The summed E-state index contributed by atoms with van der Waals surface area (Å²) in [7, 11) is -2.78. The van der Waals surface area contributed by atoms with Gasteiger partial charge in [-0.15, -0.1) is 0 Å². The van der Waals surface area contributed by atoms with E-state index in [1.54, 1.807) is 31.2 Å². The van der Waals surface area contributed by atoms with E-state index in [1.165, 1.54) is 24.1 Å². The Morgan fingerprint density at radius 1 is 1.16 bits per heavy atom. The maximum atomic E-state index is 13.6. The quantitative estimate of drug-likeness (QED) is 0.347. The summed E-state index contributed by atoms with van der Waals surface area (Å²) in [5.41, 5.74) is 0.257. The predicted octanol–water partition coefficient (Wildman–Crippen LogP) is 2.85. The fourth-order valence-electron chi connectivity index (χ4n) is 4.34. The number of rotatable bonds is 11. The molecular weight excluding hydrogens is 500 g/mol. The maximum absolute atomic E-state index is 13.6. The molecule has 0 aromatic heterocycles. The number of nitro benzene ring substituents is 1. The van der Waals surface area contributed by atoms with Crippen LogP contribution in [0.25, 0.3) is 0 Å². The lowest BCUT2D eigenvalue weighted by atomic mass is 10.1. The lowest BCUT2D eigenvalue weighted by Gasteiger charge is -2.32. The molecule has 0 heterocycles. The Morgan fingerprint density at radius 3 is 2.38 bits per heavy atom. The minimum absolute atomic E-state index is 0.0466.